The van der Waals surface area contributed by atoms with Gasteiger partial charge < -0.3 is 12.6 Å². The van der Waals surface area contributed by atoms with Gasteiger partial charge in [-0.15, -0.1) is 4.68 Å². The van der Waals surface area contributed by atoms with Crippen LogP contribution in [0, 0.1) is 6.92 Å². The lowest BCUT2D eigenvalue weighted by molar-refractivity contribution is -0.739. The molecule has 0 aliphatic carbocycles. The standard InChI is InChI=1S/C8H15N3S/c1-4-5-6-11-7(2)10(3)9-8(11)12/h4-6H2,1-3H3. The summed E-state index contributed by atoms with van der Waals surface area (Å²) in [6.07, 6.45) is 2.36. The molecule has 0 amide bonds. The van der Waals surface area contributed by atoms with Gasteiger partial charge in [0, 0.05) is 12.0 Å². The van der Waals surface area contributed by atoms with Crippen molar-refractivity contribution in [1.82, 2.24) is 9.78 Å². The van der Waals surface area contributed by atoms with E-state index in [2.05, 4.69) is 16.6 Å². The SMILES string of the molecule is CCCC[n+]1c([S-])nn(C)c1C. The number of rotatable bonds is 3. The van der Waals surface area contributed by atoms with Gasteiger partial charge in [-0.2, -0.15) is 0 Å². The molecule has 1 aromatic heterocycles. The molecule has 1 aromatic rings. The highest BCUT2D eigenvalue weighted by Crippen LogP contribution is 1.94. The van der Waals surface area contributed by atoms with Crippen LogP contribution in [0.4, 0.5) is 0 Å². The summed E-state index contributed by atoms with van der Waals surface area (Å²) in [6.45, 7) is 5.21. The maximum atomic E-state index is 5.10. The van der Waals surface area contributed by atoms with Crippen LogP contribution in [-0.2, 0) is 26.2 Å². The zero-order chi connectivity index (χ0) is 9.14. The number of hydrogen-bond donors (Lipinski definition) is 0. The minimum Gasteiger partial charge on any atom is -0.703 e. The third kappa shape index (κ3) is 1.75. The first-order chi connectivity index (χ1) is 5.66. The summed E-state index contributed by atoms with van der Waals surface area (Å²) in [5.41, 5.74) is 0. The molecular formula is C8H15N3S. The molecule has 4 heteroatoms. The van der Waals surface area contributed by atoms with E-state index in [-0.39, 0.29) is 0 Å². The normalized spacial score (nSPS) is 10.6. The van der Waals surface area contributed by atoms with Crippen molar-refractivity contribution in [3.05, 3.63) is 5.82 Å². The molecule has 0 aromatic carbocycles. The average molecular weight is 185 g/mol. The molecule has 0 spiro atoms. The molecule has 0 fully saturated rings. The van der Waals surface area contributed by atoms with E-state index in [1.54, 1.807) is 0 Å². The summed E-state index contributed by atoms with van der Waals surface area (Å²) in [7, 11) is 1.92. The molecule has 0 saturated heterocycles. The Morgan fingerprint density at radius 1 is 1.58 bits per heavy atom. The molecule has 0 saturated carbocycles. The molecule has 0 radical (unpaired) electrons. The van der Waals surface area contributed by atoms with Crippen molar-refractivity contribution < 1.29 is 4.57 Å². The smallest absolute Gasteiger partial charge is 0.231 e. The number of unbranched alkanes of at least 4 members (excludes halogenated alkanes) is 1. The van der Waals surface area contributed by atoms with E-state index in [0.29, 0.717) is 5.16 Å². The molecule has 0 atom stereocenters. The lowest BCUT2D eigenvalue weighted by Crippen LogP contribution is -2.38. The summed E-state index contributed by atoms with van der Waals surface area (Å²) in [4.78, 5) is 0. The van der Waals surface area contributed by atoms with E-state index in [1.807, 2.05) is 18.7 Å². The van der Waals surface area contributed by atoms with Crippen LogP contribution in [0.3, 0.4) is 0 Å². The van der Waals surface area contributed by atoms with Crippen LogP contribution in [-0.4, -0.2) is 9.78 Å². The molecule has 0 aliphatic heterocycles. The minimum atomic E-state index is 0.698. The number of nitrogens with zero attached hydrogens (tertiary/aromatic N) is 3. The Kier molecular flexibility index (Phi) is 3.03. The lowest BCUT2D eigenvalue weighted by atomic mass is 10.3. The van der Waals surface area contributed by atoms with Gasteiger partial charge in [-0.1, -0.05) is 13.3 Å². The van der Waals surface area contributed by atoms with Crippen molar-refractivity contribution in [2.24, 2.45) is 7.05 Å². The highest BCUT2D eigenvalue weighted by Gasteiger charge is 2.10. The first kappa shape index (κ1) is 9.45. The average Bonchev–Trinajstić information content (AvgIpc) is 2.25. The van der Waals surface area contributed by atoms with Gasteiger partial charge in [-0.3, -0.25) is 4.57 Å². The zero-order valence-corrected chi connectivity index (χ0v) is 8.69. The maximum Gasteiger partial charge on any atom is 0.231 e. The predicted octanol–water partition coefficient (Wildman–Crippen LogP) is 0.722. The van der Waals surface area contributed by atoms with Crippen LogP contribution in [0.25, 0.3) is 0 Å². The van der Waals surface area contributed by atoms with E-state index in [4.69, 9.17) is 12.6 Å². The van der Waals surface area contributed by atoms with Crippen molar-refractivity contribution in [3.8, 4) is 0 Å². The Hall–Kier alpha value is -0.640. The van der Waals surface area contributed by atoms with Crippen LogP contribution in [0.1, 0.15) is 25.6 Å². The monoisotopic (exact) mass is 185 g/mol. The molecule has 0 N–H and O–H groups in total. The molecule has 3 nitrogen and oxygen atoms in total. The van der Waals surface area contributed by atoms with Crippen molar-refractivity contribution in [1.29, 1.82) is 0 Å². The fourth-order valence-corrected chi connectivity index (χ4v) is 1.49. The van der Waals surface area contributed by atoms with Crippen LogP contribution < -0.4 is 4.57 Å². The van der Waals surface area contributed by atoms with Crippen LogP contribution in [0.2, 0.25) is 0 Å². The Labute approximate surface area is 78.8 Å². The fraction of sp³-hybridized carbons (Fsp3) is 0.750. The summed E-state index contributed by atoms with van der Waals surface area (Å²) < 4.78 is 3.91. The Morgan fingerprint density at radius 3 is 2.67 bits per heavy atom. The van der Waals surface area contributed by atoms with Gasteiger partial charge in [-0.25, -0.2) is 0 Å². The van der Waals surface area contributed by atoms with Crippen molar-refractivity contribution in [3.63, 3.8) is 0 Å². The number of aryl methyl sites for hydroxylation is 1. The third-order valence-electron chi connectivity index (χ3n) is 2.06. The first-order valence-corrected chi connectivity index (χ1v) is 4.68. The molecular weight excluding hydrogens is 170 g/mol. The van der Waals surface area contributed by atoms with E-state index in [0.717, 1.165) is 12.4 Å². The molecule has 0 bridgehead atoms. The van der Waals surface area contributed by atoms with Gasteiger partial charge >= 0.3 is 0 Å². The topological polar surface area (TPSA) is 21.7 Å². The molecule has 68 valence electrons. The van der Waals surface area contributed by atoms with Crippen molar-refractivity contribution in [2.75, 3.05) is 0 Å². The molecule has 0 aliphatic rings. The maximum absolute atomic E-state index is 5.10. The van der Waals surface area contributed by atoms with Crippen LogP contribution in [0.5, 0.6) is 0 Å². The molecule has 12 heavy (non-hydrogen) atoms. The Bertz CT molecular complexity index is 268. The predicted molar refractivity (Wildman–Crippen MR) is 48.7 cm³/mol. The van der Waals surface area contributed by atoms with Crippen LogP contribution in [0.15, 0.2) is 5.16 Å². The third-order valence-corrected chi connectivity index (χ3v) is 2.36. The Balaban J connectivity index is 2.82. The van der Waals surface area contributed by atoms with Gasteiger partial charge in [0.2, 0.25) is 5.82 Å². The van der Waals surface area contributed by atoms with E-state index < -0.39 is 0 Å². The second-order valence-electron chi connectivity index (χ2n) is 2.96. The first-order valence-electron chi connectivity index (χ1n) is 4.27. The fourth-order valence-electron chi connectivity index (χ4n) is 1.14. The van der Waals surface area contributed by atoms with Crippen molar-refractivity contribution >= 4 is 12.6 Å². The summed E-state index contributed by atoms with van der Waals surface area (Å²) in [6, 6.07) is 0. The minimum absolute atomic E-state index is 0.698. The zero-order valence-electron chi connectivity index (χ0n) is 7.87. The largest absolute Gasteiger partial charge is 0.703 e. The van der Waals surface area contributed by atoms with Gasteiger partial charge in [0.05, 0.1) is 13.6 Å². The second-order valence-corrected chi connectivity index (χ2v) is 3.32. The summed E-state index contributed by atoms with van der Waals surface area (Å²) in [5.74, 6) is 1.13. The van der Waals surface area contributed by atoms with Gasteiger partial charge in [-0.05, 0) is 6.42 Å². The summed E-state index contributed by atoms with van der Waals surface area (Å²) >= 11 is 5.10. The quantitative estimate of drug-likeness (QED) is 0.511. The van der Waals surface area contributed by atoms with E-state index in [1.165, 1.54) is 12.8 Å². The van der Waals surface area contributed by atoms with Gasteiger partial charge in [0.25, 0.3) is 0 Å². The molecule has 1 heterocycles. The molecule has 1 rings (SSSR count). The van der Waals surface area contributed by atoms with Crippen LogP contribution >= 0.6 is 0 Å². The molecule has 0 unspecified atom stereocenters. The van der Waals surface area contributed by atoms with Crippen molar-refractivity contribution in [2.45, 2.75) is 38.4 Å². The highest BCUT2D eigenvalue weighted by molar-refractivity contribution is 7.58. The highest BCUT2D eigenvalue weighted by atomic mass is 32.1. The van der Waals surface area contributed by atoms with E-state index >= 15 is 0 Å². The summed E-state index contributed by atoms with van der Waals surface area (Å²) in [5, 5.41) is 4.86. The van der Waals surface area contributed by atoms with E-state index in [9.17, 15) is 0 Å². The number of hydrogen-bond acceptors (Lipinski definition) is 2. The van der Waals surface area contributed by atoms with Gasteiger partial charge in [0.1, 0.15) is 0 Å². The number of aromatic nitrogens is 3. The Morgan fingerprint density at radius 2 is 2.25 bits per heavy atom. The lowest BCUT2D eigenvalue weighted by Gasteiger charge is -2.02. The van der Waals surface area contributed by atoms with Gasteiger partial charge in [0.15, 0.2) is 5.16 Å². The second kappa shape index (κ2) is 3.85.